The minimum absolute atomic E-state index is 0. The highest BCUT2D eigenvalue weighted by Crippen LogP contribution is 2.36. The highest BCUT2D eigenvalue weighted by Gasteiger charge is 2.24. The number of benzene rings is 2. The lowest BCUT2D eigenvalue weighted by Crippen LogP contribution is -2.25. The van der Waals surface area contributed by atoms with Crippen LogP contribution in [0, 0.1) is 0 Å². The van der Waals surface area contributed by atoms with Crippen LogP contribution in [0.4, 0.5) is 0 Å². The van der Waals surface area contributed by atoms with Crippen molar-refractivity contribution in [1.82, 2.24) is 10.3 Å². The molecule has 0 aliphatic heterocycles. The molecule has 0 amide bonds. The average molecular weight is 456 g/mol. The van der Waals surface area contributed by atoms with Crippen LogP contribution in [0.2, 0.25) is 0 Å². The fourth-order valence-corrected chi connectivity index (χ4v) is 4.27. The van der Waals surface area contributed by atoms with Crippen LogP contribution in [0.3, 0.4) is 0 Å². The first kappa shape index (κ1) is 21.3. The summed E-state index contributed by atoms with van der Waals surface area (Å²) in [6.07, 6.45) is 4.91. The number of H-pyrrole nitrogens is 1. The molecule has 3 aromatic rings. The number of hydrogen-bond donors (Lipinski definition) is 2. The molecule has 2 aromatic carbocycles. The highest BCUT2D eigenvalue weighted by atomic mass is 79.9. The molecule has 0 spiro atoms. The van der Waals surface area contributed by atoms with Crippen molar-refractivity contribution in [3.63, 3.8) is 0 Å². The van der Waals surface area contributed by atoms with Crippen molar-refractivity contribution in [3.05, 3.63) is 69.8 Å². The first-order chi connectivity index (χ1) is 11.7. The molecule has 1 unspecified atom stereocenters. The molecular formula is C21H25BrCl2N2. The summed E-state index contributed by atoms with van der Waals surface area (Å²) in [5.74, 6) is 0. The molecule has 2 nitrogen and oxygen atoms in total. The van der Waals surface area contributed by atoms with Crippen LogP contribution >= 0.6 is 40.7 Å². The summed E-state index contributed by atoms with van der Waals surface area (Å²) in [6, 6.07) is 18.0. The van der Waals surface area contributed by atoms with Crippen LogP contribution in [0.1, 0.15) is 55.1 Å². The number of nitrogens with one attached hydrogen (secondary N) is 2. The number of aromatic nitrogens is 1. The Morgan fingerprint density at radius 3 is 2.62 bits per heavy atom. The molecule has 0 saturated carbocycles. The van der Waals surface area contributed by atoms with Gasteiger partial charge in [-0.25, -0.2) is 0 Å². The number of rotatable bonds is 3. The SMILES string of the molecule is C[C@@H](NC1CCCCc2c1[nH]c1ccc(Br)cc21)c1ccccc1.Cl.Cl. The monoisotopic (exact) mass is 454 g/mol. The van der Waals surface area contributed by atoms with E-state index in [9.17, 15) is 0 Å². The van der Waals surface area contributed by atoms with Gasteiger partial charge in [0.25, 0.3) is 0 Å². The molecule has 1 heterocycles. The maximum absolute atomic E-state index is 3.86. The van der Waals surface area contributed by atoms with Crippen molar-refractivity contribution in [2.75, 3.05) is 0 Å². The summed E-state index contributed by atoms with van der Waals surface area (Å²) >= 11 is 3.62. The van der Waals surface area contributed by atoms with E-state index < -0.39 is 0 Å². The van der Waals surface area contributed by atoms with Gasteiger partial charge in [0.1, 0.15) is 0 Å². The molecular weight excluding hydrogens is 431 g/mol. The van der Waals surface area contributed by atoms with Gasteiger partial charge in [-0.1, -0.05) is 52.7 Å². The Morgan fingerprint density at radius 1 is 1.08 bits per heavy atom. The number of aryl methyl sites for hydroxylation is 1. The Balaban J connectivity index is 0.00000121. The van der Waals surface area contributed by atoms with Gasteiger partial charge in [-0.05, 0) is 55.5 Å². The van der Waals surface area contributed by atoms with Crippen molar-refractivity contribution in [2.24, 2.45) is 0 Å². The van der Waals surface area contributed by atoms with Crippen LogP contribution in [0.25, 0.3) is 10.9 Å². The minimum Gasteiger partial charge on any atom is -0.357 e. The molecule has 0 radical (unpaired) electrons. The van der Waals surface area contributed by atoms with Crippen molar-refractivity contribution >= 4 is 51.6 Å². The molecule has 0 fully saturated rings. The van der Waals surface area contributed by atoms with Gasteiger partial charge in [0.15, 0.2) is 0 Å². The molecule has 1 aliphatic carbocycles. The first-order valence-corrected chi connectivity index (χ1v) is 9.62. The van der Waals surface area contributed by atoms with Gasteiger partial charge in [-0.3, -0.25) is 0 Å². The summed E-state index contributed by atoms with van der Waals surface area (Å²) < 4.78 is 1.16. The van der Waals surface area contributed by atoms with E-state index in [1.807, 2.05) is 0 Å². The molecule has 5 heteroatoms. The number of hydrogen-bond acceptors (Lipinski definition) is 1. The van der Waals surface area contributed by atoms with E-state index in [0.717, 1.165) is 4.47 Å². The van der Waals surface area contributed by atoms with E-state index in [2.05, 4.69) is 81.7 Å². The van der Waals surface area contributed by atoms with Crippen LogP contribution in [-0.4, -0.2) is 4.98 Å². The third-order valence-corrected chi connectivity index (χ3v) is 5.66. The van der Waals surface area contributed by atoms with Crippen LogP contribution in [0.15, 0.2) is 53.0 Å². The van der Waals surface area contributed by atoms with E-state index in [-0.39, 0.29) is 24.8 Å². The number of halogens is 3. The van der Waals surface area contributed by atoms with Crippen molar-refractivity contribution in [2.45, 2.75) is 44.7 Å². The van der Waals surface area contributed by atoms with E-state index in [1.54, 1.807) is 0 Å². The maximum Gasteiger partial charge on any atom is 0.0480 e. The Hall–Kier alpha value is -1.000. The lowest BCUT2D eigenvalue weighted by atomic mass is 10.0. The zero-order valence-electron chi connectivity index (χ0n) is 14.8. The molecule has 0 bridgehead atoms. The van der Waals surface area contributed by atoms with Crippen molar-refractivity contribution in [1.29, 1.82) is 0 Å². The fraction of sp³-hybridized carbons (Fsp3) is 0.333. The van der Waals surface area contributed by atoms with E-state index >= 15 is 0 Å². The lowest BCUT2D eigenvalue weighted by molar-refractivity contribution is 0.431. The second kappa shape index (κ2) is 9.27. The first-order valence-electron chi connectivity index (χ1n) is 8.83. The van der Waals surface area contributed by atoms with Crippen LogP contribution < -0.4 is 5.32 Å². The summed E-state index contributed by atoms with van der Waals surface area (Å²) in [4.78, 5) is 3.71. The molecule has 0 saturated heterocycles. The topological polar surface area (TPSA) is 27.8 Å². The quantitative estimate of drug-likeness (QED) is 0.413. The van der Waals surface area contributed by atoms with E-state index in [4.69, 9.17) is 0 Å². The molecule has 1 aromatic heterocycles. The van der Waals surface area contributed by atoms with Gasteiger partial charge in [0, 0.05) is 33.2 Å². The molecule has 2 N–H and O–H groups in total. The Morgan fingerprint density at radius 2 is 1.85 bits per heavy atom. The Kier molecular flexibility index (Phi) is 7.60. The lowest BCUT2D eigenvalue weighted by Gasteiger charge is -2.23. The summed E-state index contributed by atoms with van der Waals surface area (Å²) in [6.45, 7) is 2.26. The van der Waals surface area contributed by atoms with Crippen molar-refractivity contribution < 1.29 is 0 Å². The second-order valence-electron chi connectivity index (χ2n) is 6.80. The van der Waals surface area contributed by atoms with Gasteiger partial charge in [0.05, 0.1) is 0 Å². The van der Waals surface area contributed by atoms with Gasteiger partial charge in [-0.15, -0.1) is 24.8 Å². The van der Waals surface area contributed by atoms with Gasteiger partial charge < -0.3 is 10.3 Å². The minimum atomic E-state index is 0. The number of aromatic amines is 1. The van der Waals surface area contributed by atoms with Gasteiger partial charge in [0.2, 0.25) is 0 Å². The van der Waals surface area contributed by atoms with Crippen LogP contribution in [-0.2, 0) is 6.42 Å². The van der Waals surface area contributed by atoms with E-state index in [0.29, 0.717) is 12.1 Å². The standard InChI is InChI=1S/C21H23BrN2.2ClH/c1-14(15-7-3-2-4-8-15)23-20-10-6-5-9-17-18-13-16(22)11-12-19(18)24-21(17)20;;/h2-4,7-8,11-14,20,23-24H,5-6,9-10H2,1H3;2*1H/t14-,20?;;/m1../s1. The number of fused-ring (bicyclic) bond motifs is 3. The molecule has 2 atom stereocenters. The average Bonchev–Trinajstić information content (AvgIpc) is 2.84. The summed E-state index contributed by atoms with van der Waals surface area (Å²) in [5, 5.41) is 5.24. The third kappa shape index (κ3) is 4.28. The predicted molar refractivity (Wildman–Crippen MR) is 119 cm³/mol. The van der Waals surface area contributed by atoms with Gasteiger partial charge >= 0.3 is 0 Å². The smallest absolute Gasteiger partial charge is 0.0480 e. The second-order valence-corrected chi connectivity index (χ2v) is 7.72. The predicted octanol–water partition coefficient (Wildman–Crippen LogP) is 6.89. The van der Waals surface area contributed by atoms with Crippen molar-refractivity contribution in [3.8, 4) is 0 Å². The molecule has 1 aliphatic rings. The molecule has 140 valence electrons. The Labute approximate surface area is 176 Å². The zero-order chi connectivity index (χ0) is 16.5. The van der Waals surface area contributed by atoms with E-state index in [1.165, 1.54) is 53.4 Å². The largest absolute Gasteiger partial charge is 0.357 e. The molecule has 26 heavy (non-hydrogen) atoms. The zero-order valence-corrected chi connectivity index (χ0v) is 18.0. The fourth-order valence-electron chi connectivity index (χ4n) is 3.91. The Bertz CT molecular complexity index is 848. The maximum atomic E-state index is 3.86. The van der Waals surface area contributed by atoms with Gasteiger partial charge in [-0.2, -0.15) is 0 Å². The van der Waals surface area contributed by atoms with Crippen LogP contribution in [0.5, 0.6) is 0 Å². The third-order valence-electron chi connectivity index (χ3n) is 5.17. The summed E-state index contributed by atoms with van der Waals surface area (Å²) in [5.41, 5.74) is 5.50. The highest BCUT2D eigenvalue weighted by molar-refractivity contribution is 9.10. The summed E-state index contributed by atoms with van der Waals surface area (Å²) in [7, 11) is 0. The normalized spacial score (nSPS) is 17.5. The molecule has 4 rings (SSSR count).